The van der Waals surface area contributed by atoms with Gasteiger partial charge in [0.25, 0.3) is 0 Å². The molecule has 0 saturated carbocycles. The molecule has 0 rings (SSSR count). The van der Waals surface area contributed by atoms with Gasteiger partial charge < -0.3 is 20.4 Å². The van der Waals surface area contributed by atoms with Gasteiger partial charge in [-0.05, 0) is 13.3 Å². The Morgan fingerprint density at radius 2 is 1.89 bits per heavy atom. The SMILES string of the molecule is CC(CO)N(C)C(=O)NC(CCS(C)(=O)=O)C(=O)O. The van der Waals surface area contributed by atoms with E-state index in [1.807, 2.05) is 0 Å². The van der Waals surface area contributed by atoms with Crippen LogP contribution in [-0.2, 0) is 14.6 Å². The highest BCUT2D eigenvalue weighted by Gasteiger charge is 2.24. The number of hydrogen-bond acceptors (Lipinski definition) is 5. The molecule has 0 aliphatic carbocycles. The summed E-state index contributed by atoms with van der Waals surface area (Å²) in [5.41, 5.74) is 0. The molecule has 9 heteroatoms. The normalized spacial score (nSPS) is 14.5. The molecule has 0 aliphatic heterocycles. The zero-order chi connectivity index (χ0) is 15.2. The number of aliphatic hydroxyl groups is 1. The lowest BCUT2D eigenvalue weighted by Gasteiger charge is -2.25. The Hall–Kier alpha value is -1.35. The van der Waals surface area contributed by atoms with Crippen LogP contribution in [0.4, 0.5) is 4.79 Å². The summed E-state index contributed by atoms with van der Waals surface area (Å²) in [6.07, 6.45) is 0.787. The molecule has 0 heterocycles. The van der Waals surface area contributed by atoms with E-state index in [0.717, 1.165) is 11.2 Å². The van der Waals surface area contributed by atoms with Crippen molar-refractivity contribution in [1.29, 1.82) is 0 Å². The molecule has 0 radical (unpaired) electrons. The van der Waals surface area contributed by atoms with Gasteiger partial charge in [0, 0.05) is 13.3 Å². The maximum atomic E-state index is 11.7. The second-order valence-corrected chi connectivity index (χ2v) is 6.66. The van der Waals surface area contributed by atoms with E-state index >= 15 is 0 Å². The second-order valence-electron chi connectivity index (χ2n) is 4.40. The molecule has 8 nitrogen and oxygen atoms in total. The number of nitrogens with zero attached hydrogens (tertiary/aromatic N) is 1. The number of likely N-dealkylation sites (N-methyl/N-ethyl adjacent to an activating group) is 1. The van der Waals surface area contributed by atoms with E-state index < -0.39 is 33.9 Å². The Balaban J connectivity index is 4.59. The summed E-state index contributed by atoms with van der Waals surface area (Å²) in [4.78, 5) is 23.8. The first-order chi connectivity index (χ1) is 8.58. The second kappa shape index (κ2) is 7.29. The number of amides is 2. The van der Waals surface area contributed by atoms with Gasteiger partial charge in [0.2, 0.25) is 0 Å². The zero-order valence-corrected chi connectivity index (χ0v) is 12.0. The van der Waals surface area contributed by atoms with Crippen molar-refractivity contribution in [2.75, 3.05) is 25.7 Å². The van der Waals surface area contributed by atoms with Crippen LogP contribution in [0.25, 0.3) is 0 Å². The van der Waals surface area contributed by atoms with Crippen LogP contribution in [0.5, 0.6) is 0 Å². The standard InChI is InChI=1S/C10H20N2O6S/c1-7(6-13)12(2)10(16)11-8(9(14)15)4-5-19(3,17)18/h7-8,13H,4-6H2,1-3H3,(H,11,16)(H,14,15). The van der Waals surface area contributed by atoms with Crippen molar-refractivity contribution >= 4 is 21.8 Å². The number of hydrogen-bond donors (Lipinski definition) is 3. The third-order valence-corrected chi connectivity index (χ3v) is 3.60. The quantitative estimate of drug-likeness (QED) is 0.547. The van der Waals surface area contributed by atoms with Crippen LogP contribution < -0.4 is 5.32 Å². The number of carbonyl (C=O) groups excluding carboxylic acids is 1. The minimum Gasteiger partial charge on any atom is -0.480 e. The summed E-state index contributed by atoms with van der Waals surface area (Å²) in [6, 6.07) is -2.43. The fourth-order valence-electron chi connectivity index (χ4n) is 1.16. The number of urea groups is 1. The van der Waals surface area contributed by atoms with Crippen molar-refractivity contribution in [3.63, 3.8) is 0 Å². The first kappa shape index (κ1) is 17.6. The van der Waals surface area contributed by atoms with Crippen LogP contribution in [0, 0.1) is 0 Å². The van der Waals surface area contributed by atoms with E-state index in [2.05, 4.69) is 5.32 Å². The molecule has 0 aromatic rings. The molecule has 0 saturated heterocycles. The summed E-state index contributed by atoms with van der Waals surface area (Å²) in [5.74, 6) is -1.63. The summed E-state index contributed by atoms with van der Waals surface area (Å²) in [7, 11) is -1.89. The highest BCUT2D eigenvalue weighted by Crippen LogP contribution is 2.00. The molecule has 0 bridgehead atoms. The van der Waals surface area contributed by atoms with Crippen molar-refractivity contribution in [1.82, 2.24) is 10.2 Å². The van der Waals surface area contributed by atoms with E-state index in [9.17, 15) is 18.0 Å². The van der Waals surface area contributed by atoms with E-state index in [1.54, 1.807) is 6.92 Å². The Bertz CT molecular complexity index is 422. The van der Waals surface area contributed by atoms with Gasteiger partial charge in [-0.25, -0.2) is 18.0 Å². The Labute approximate surface area is 112 Å². The number of carboxylic acid groups (broad SMARTS) is 1. The summed E-state index contributed by atoms with van der Waals surface area (Å²) in [6.45, 7) is 1.33. The van der Waals surface area contributed by atoms with Gasteiger partial charge in [-0.2, -0.15) is 0 Å². The summed E-state index contributed by atoms with van der Waals surface area (Å²) < 4.78 is 22.0. The molecule has 0 aliphatic rings. The third kappa shape index (κ3) is 6.97. The zero-order valence-electron chi connectivity index (χ0n) is 11.2. The topological polar surface area (TPSA) is 124 Å². The van der Waals surface area contributed by atoms with E-state index in [0.29, 0.717) is 0 Å². The van der Waals surface area contributed by atoms with Gasteiger partial charge in [-0.15, -0.1) is 0 Å². The highest BCUT2D eigenvalue weighted by atomic mass is 32.2. The molecule has 2 atom stereocenters. The molecular formula is C10H20N2O6S. The molecule has 112 valence electrons. The lowest BCUT2D eigenvalue weighted by Crippen LogP contribution is -2.50. The Morgan fingerprint density at radius 1 is 1.37 bits per heavy atom. The van der Waals surface area contributed by atoms with Crippen LogP contribution in [0.2, 0.25) is 0 Å². The van der Waals surface area contributed by atoms with Gasteiger partial charge in [0.15, 0.2) is 0 Å². The molecule has 3 N–H and O–H groups in total. The minimum absolute atomic E-state index is 0.207. The number of rotatable bonds is 7. The predicted octanol–water partition coefficient (Wildman–Crippen LogP) is -1.10. The van der Waals surface area contributed by atoms with Crippen LogP contribution in [0.15, 0.2) is 0 Å². The number of nitrogens with one attached hydrogen (secondary N) is 1. The minimum atomic E-state index is -3.30. The molecule has 0 aromatic heterocycles. The maximum absolute atomic E-state index is 11.7. The molecular weight excluding hydrogens is 276 g/mol. The molecule has 0 spiro atoms. The van der Waals surface area contributed by atoms with Gasteiger partial charge >= 0.3 is 12.0 Å². The lowest BCUT2D eigenvalue weighted by molar-refractivity contribution is -0.139. The van der Waals surface area contributed by atoms with Crippen molar-refractivity contribution in [3.05, 3.63) is 0 Å². The van der Waals surface area contributed by atoms with Crippen LogP contribution in [0.3, 0.4) is 0 Å². The number of sulfone groups is 1. The van der Waals surface area contributed by atoms with Crippen molar-refractivity contribution in [2.24, 2.45) is 0 Å². The summed E-state index contributed by atoms with van der Waals surface area (Å²) >= 11 is 0. The average molecular weight is 296 g/mol. The number of carbonyl (C=O) groups is 2. The Kier molecular flexibility index (Phi) is 6.77. The smallest absolute Gasteiger partial charge is 0.326 e. The van der Waals surface area contributed by atoms with Gasteiger partial charge in [0.1, 0.15) is 15.9 Å². The first-order valence-electron chi connectivity index (χ1n) is 5.63. The number of aliphatic hydroxyl groups excluding tert-OH is 1. The van der Waals surface area contributed by atoms with Crippen LogP contribution >= 0.6 is 0 Å². The van der Waals surface area contributed by atoms with Crippen molar-refractivity contribution in [3.8, 4) is 0 Å². The number of carboxylic acids is 1. The van der Waals surface area contributed by atoms with Gasteiger partial charge in [-0.3, -0.25) is 0 Å². The first-order valence-corrected chi connectivity index (χ1v) is 7.69. The van der Waals surface area contributed by atoms with Crippen LogP contribution in [0.1, 0.15) is 13.3 Å². The number of aliphatic carboxylic acids is 1. The van der Waals surface area contributed by atoms with Gasteiger partial charge in [0.05, 0.1) is 18.4 Å². The molecule has 2 amide bonds. The van der Waals surface area contributed by atoms with E-state index in [1.165, 1.54) is 7.05 Å². The Morgan fingerprint density at radius 3 is 2.26 bits per heavy atom. The van der Waals surface area contributed by atoms with Crippen molar-refractivity contribution in [2.45, 2.75) is 25.4 Å². The predicted molar refractivity (Wildman–Crippen MR) is 68.6 cm³/mol. The average Bonchev–Trinajstić information content (AvgIpc) is 2.30. The fourth-order valence-corrected chi connectivity index (χ4v) is 1.83. The summed E-state index contributed by atoms with van der Waals surface area (Å²) in [5, 5.41) is 20.0. The molecule has 2 unspecified atom stereocenters. The van der Waals surface area contributed by atoms with Crippen LogP contribution in [-0.4, -0.2) is 73.3 Å². The molecule has 0 fully saturated rings. The van der Waals surface area contributed by atoms with Gasteiger partial charge in [-0.1, -0.05) is 0 Å². The maximum Gasteiger partial charge on any atom is 0.326 e. The largest absolute Gasteiger partial charge is 0.480 e. The monoisotopic (exact) mass is 296 g/mol. The lowest BCUT2D eigenvalue weighted by atomic mass is 10.2. The highest BCUT2D eigenvalue weighted by molar-refractivity contribution is 7.90. The molecule has 0 aromatic carbocycles. The van der Waals surface area contributed by atoms with Crippen molar-refractivity contribution < 1.29 is 28.2 Å². The fraction of sp³-hybridized carbons (Fsp3) is 0.800. The van der Waals surface area contributed by atoms with E-state index in [4.69, 9.17) is 10.2 Å². The van der Waals surface area contributed by atoms with E-state index in [-0.39, 0.29) is 18.8 Å². The molecule has 19 heavy (non-hydrogen) atoms. The third-order valence-electron chi connectivity index (χ3n) is 2.62.